The molecular formula is C12H7F2NO3S. The van der Waals surface area contributed by atoms with Crippen molar-refractivity contribution in [1.82, 2.24) is 0 Å². The Kier molecular flexibility index (Phi) is 3.57. The summed E-state index contributed by atoms with van der Waals surface area (Å²) in [5.74, 6) is -3.83. The number of aromatic carboxylic acids is 1. The molecule has 2 rings (SSSR count). The minimum Gasteiger partial charge on any atom is -0.477 e. The van der Waals surface area contributed by atoms with Gasteiger partial charge in [-0.15, -0.1) is 11.3 Å². The van der Waals surface area contributed by atoms with Crippen LogP contribution in [-0.4, -0.2) is 17.0 Å². The second-order valence-corrected chi connectivity index (χ2v) is 4.46. The van der Waals surface area contributed by atoms with E-state index >= 15 is 0 Å². The van der Waals surface area contributed by atoms with Crippen molar-refractivity contribution in [3.8, 4) is 0 Å². The first-order valence-corrected chi connectivity index (χ1v) is 5.94. The standard InChI is InChI=1S/C12H7F2NO3S/c13-6-1-2-7(8(14)5-6)11(16)15-9-3-4-19-10(9)12(17)18/h1-5H,(H,15,16)(H,17,18). The van der Waals surface area contributed by atoms with Crippen molar-refractivity contribution in [2.45, 2.75) is 0 Å². The van der Waals surface area contributed by atoms with Crippen LogP contribution in [0.2, 0.25) is 0 Å². The molecule has 0 aliphatic carbocycles. The number of hydrogen-bond acceptors (Lipinski definition) is 3. The molecule has 2 N–H and O–H groups in total. The van der Waals surface area contributed by atoms with Gasteiger partial charge in [-0.1, -0.05) is 0 Å². The van der Waals surface area contributed by atoms with Crippen molar-refractivity contribution in [1.29, 1.82) is 0 Å². The molecule has 0 spiro atoms. The van der Waals surface area contributed by atoms with Crippen LogP contribution >= 0.6 is 11.3 Å². The van der Waals surface area contributed by atoms with E-state index in [9.17, 15) is 18.4 Å². The number of carbonyl (C=O) groups excluding carboxylic acids is 1. The fourth-order valence-electron chi connectivity index (χ4n) is 1.44. The summed E-state index contributed by atoms with van der Waals surface area (Å²) in [5, 5.41) is 12.6. The lowest BCUT2D eigenvalue weighted by Crippen LogP contribution is -2.15. The number of carboxylic acid groups (broad SMARTS) is 1. The molecule has 0 saturated heterocycles. The Hall–Kier alpha value is -2.28. The third kappa shape index (κ3) is 2.76. The third-order valence-corrected chi connectivity index (χ3v) is 3.19. The van der Waals surface area contributed by atoms with Gasteiger partial charge in [0, 0.05) is 6.07 Å². The van der Waals surface area contributed by atoms with E-state index in [-0.39, 0.29) is 16.1 Å². The highest BCUT2D eigenvalue weighted by Gasteiger charge is 2.17. The maximum Gasteiger partial charge on any atom is 0.348 e. The summed E-state index contributed by atoms with van der Waals surface area (Å²) >= 11 is 0.933. The first-order chi connectivity index (χ1) is 8.99. The molecule has 0 unspecified atom stereocenters. The van der Waals surface area contributed by atoms with Gasteiger partial charge in [0.1, 0.15) is 16.5 Å². The minimum absolute atomic E-state index is 0.0594. The highest BCUT2D eigenvalue weighted by molar-refractivity contribution is 7.12. The summed E-state index contributed by atoms with van der Waals surface area (Å²) < 4.78 is 26.1. The van der Waals surface area contributed by atoms with Gasteiger partial charge >= 0.3 is 5.97 Å². The van der Waals surface area contributed by atoms with Gasteiger partial charge in [-0.25, -0.2) is 13.6 Å². The molecule has 7 heteroatoms. The number of rotatable bonds is 3. The lowest BCUT2D eigenvalue weighted by atomic mass is 10.2. The first-order valence-electron chi connectivity index (χ1n) is 5.06. The Morgan fingerprint density at radius 1 is 1.21 bits per heavy atom. The molecule has 0 bridgehead atoms. The Bertz CT molecular complexity index is 654. The van der Waals surface area contributed by atoms with E-state index in [0.29, 0.717) is 6.07 Å². The Morgan fingerprint density at radius 2 is 1.95 bits per heavy atom. The zero-order valence-corrected chi connectivity index (χ0v) is 10.1. The molecule has 1 aromatic heterocycles. The molecule has 0 radical (unpaired) electrons. The number of carboxylic acids is 1. The Morgan fingerprint density at radius 3 is 2.58 bits per heavy atom. The Balaban J connectivity index is 2.26. The number of carbonyl (C=O) groups is 2. The summed E-state index contributed by atoms with van der Waals surface area (Å²) in [6, 6.07) is 3.92. The monoisotopic (exact) mass is 283 g/mol. The summed E-state index contributed by atoms with van der Waals surface area (Å²) in [6.07, 6.45) is 0. The number of halogens is 2. The molecule has 1 amide bonds. The highest BCUT2D eigenvalue weighted by Crippen LogP contribution is 2.23. The van der Waals surface area contributed by atoms with Crippen molar-refractivity contribution < 1.29 is 23.5 Å². The number of thiophene rings is 1. The van der Waals surface area contributed by atoms with Crippen LogP contribution < -0.4 is 5.32 Å². The zero-order valence-electron chi connectivity index (χ0n) is 9.31. The molecule has 1 heterocycles. The van der Waals surface area contributed by atoms with Crippen LogP contribution in [0.15, 0.2) is 29.6 Å². The zero-order chi connectivity index (χ0) is 14.0. The molecule has 0 aliphatic rings. The first kappa shape index (κ1) is 13.2. The lowest BCUT2D eigenvalue weighted by Gasteiger charge is -2.05. The fraction of sp³-hybridized carbons (Fsp3) is 0. The van der Waals surface area contributed by atoms with Crippen LogP contribution in [0, 0.1) is 11.6 Å². The van der Waals surface area contributed by atoms with E-state index in [4.69, 9.17) is 5.11 Å². The molecule has 19 heavy (non-hydrogen) atoms. The molecule has 0 atom stereocenters. The third-order valence-electron chi connectivity index (χ3n) is 2.28. The van der Waals surface area contributed by atoms with E-state index in [2.05, 4.69) is 5.32 Å². The number of hydrogen-bond donors (Lipinski definition) is 2. The van der Waals surface area contributed by atoms with E-state index in [1.165, 1.54) is 11.4 Å². The quantitative estimate of drug-likeness (QED) is 0.910. The molecule has 0 fully saturated rings. The van der Waals surface area contributed by atoms with Crippen molar-refractivity contribution in [2.75, 3.05) is 5.32 Å². The summed E-state index contributed by atoms with van der Waals surface area (Å²) in [7, 11) is 0. The normalized spacial score (nSPS) is 10.2. The summed E-state index contributed by atoms with van der Waals surface area (Å²) in [6.45, 7) is 0. The fourth-order valence-corrected chi connectivity index (χ4v) is 2.12. The van der Waals surface area contributed by atoms with E-state index in [0.717, 1.165) is 23.5 Å². The van der Waals surface area contributed by atoms with Gasteiger partial charge in [0.2, 0.25) is 0 Å². The van der Waals surface area contributed by atoms with Gasteiger partial charge in [-0.05, 0) is 23.6 Å². The van der Waals surface area contributed by atoms with Gasteiger partial charge in [0.15, 0.2) is 0 Å². The second kappa shape index (κ2) is 5.15. The number of amides is 1. The average Bonchev–Trinajstić information content (AvgIpc) is 2.76. The smallest absolute Gasteiger partial charge is 0.348 e. The molecule has 2 aromatic rings. The summed E-state index contributed by atoms with van der Waals surface area (Å²) in [4.78, 5) is 22.5. The van der Waals surface area contributed by atoms with Crippen LogP contribution in [0.25, 0.3) is 0 Å². The number of anilines is 1. The maximum atomic E-state index is 13.4. The average molecular weight is 283 g/mol. The topological polar surface area (TPSA) is 66.4 Å². The maximum absolute atomic E-state index is 13.4. The SMILES string of the molecule is O=C(Nc1ccsc1C(=O)O)c1ccc(F)cc1F. The van der Waals surface area contributed by atoms with Crippen LogP contribution in [0.3, 0.4) is 0 Å². The van der Waals surface area contributed by atoms with Gasteiger partial charge in [-0.2, -0.15) is 0 Å². The van der Waals surface area contributed by atoms with Gasteiger partial charge in [-0.3, -0.25) is 4.79 Å². The molecule has 98 valence electrons. The Labute approximate surface area is 110 Å². The molecular weight excluding hydrogens is 276 g/mol. The van der Waals surface area contributed by atoms with Crippen molar-refractivity contribution in [3.05, 3.63) is 51.7 Å². The predicted molar refractivity (Wildman–Crippen MR) is 65.6 cm³/mol. The van der Waals surface area contributed by atoms with E-state index in [1.807, 2.05) is 0 Å². The van der Waals surface area contributed by atoms with Crippen molar-refractivity contribution in [2.24, 2.45) is 0 Å². The van der Waals surface area contributed by atoms with Crippen LogP contribution in [0.5, 0.6) is 0 Å². The van der Waals surface area contributed by atoms with Crippen LogP contribution in [0.1, 0.15) is 20.0 Å². The largest absolute Gasteiger partial charge is 0.477 e. The van der Waals surface area contributed by atoms with Gasteiger partial charge in [0.05, 0.1) is 11.3 Å². The number of benzene rings is 1. The predicted octanol–water partition coefficient (Wildman–Crippen LogP) is 2.98. The second-order valence-electron chi connectivity index (χ2n) is 3.55. The number of nitrogens with one attached hydrogen (secondary N) is 1. The molecule has 4 nitrogen and oxygen atoms in total. The molecule has 0 saturated carbocycles. The molecule has 1 aromatic carbocycles. The van der Waals surface area contributed by atoms with Gasteiger partial charge < -0.3 is 10.4 Å². The highest BCUT2D eigenvalue weighted by atomic mass is 32.1. The molecule has 0 aliphatic heterocycles. The van der Waals surface area contributed by atoms with Crippen LogP contribution in [0.4, 0.5) is 14.5 Å². The van der Waals surface area contributed by atoms with E-state index < -0.39 is 23.5 Å². The van der Waals surface area contributed by atoms with Crippen LogP contribution in [-0.2, 0) is 0 Å². The summed E-state index contributed by atoms with van der Waals surface area (Å²) in [5.41, 5.74) is -0.282. The lowest BCUT2D eigenvalue weighted by molar-refractivity contribution is 0.0703. The van der Waals surface area contributed by atoms with E-state index in [1.54, 1.807) is 0 Å². The minimum atomic E-state index is -1.19. The van der Waals surface area contributed by atoms with Crippen molar-refractivity contribution in [3.63, 3.8) is 0 Å². The van der Waals surface area contributed by atoms with Crippen molar-refractivity contribution >= 4 is 28.9 Å². The van der Waals surface area contributed by atoms with Gasteiger partial charge in [0.25, 0.3) is 5.91 Å².